The Morgan fingerprint density at radius 3 is 2.78 bits per heavy atom. The maximum absolute atomic E-state index is 13.9. The summed E-state index contributed by atoms with van der Waals surface area (Å²) in [6.45, 7) is 1.75. The van der Waals surface area contributed by atoms with Crippen LogP contribution in [0.2, 0.25) is 0 Å². The predicted molar refractivity (Wildman–Crippen MR) is 74.0 cm³/mol. The fraction of sp³-hybridized carbons (Fsp3) is 0.0714. The third-order valence-electron chi connectivity index (χ3n) is 2.73. The Hall–Kier alpha value is -1.94. The number of nitrogens with one attached hydrogen (secondary N) is 1. The quantitative estimate of drug-likeness (QED) is 0.732. The first kappa shape index (κ1) is 11.2. The maximum atomic E-state index is 13.9. The molecular formula is C14H11FN2S. The number of thiazole rings is 1. The topological polar surface area (TPSA) is 24.9 Å². The van der Waals surface area contributed by atoms with Crippen LogP contribution >= 0.6 is 11.3 Å². The standard InChI is InChI=1S/C14H11FN2S/c1-9-5-4-7-11(13(9)15)17-14-16-10-6-2-3-8-12(10)18-14/h2-8H,1H3,(H,16,17). The number of benzene rings is 2. The zero-order valence-corrected chi connectivity index (χ0v) is 10.6. The van der Waals surface area contributed by atoms with Crippen LogP contribution in [0.1, 0.15) is 5.56 Å². The minimum absolute atomic E-state index is 0.225. The number of fused-ring (bicyclic) bond motifs is 1. The van der Waals surface area contributed by atoms with Gasteiger partial charge in [-0.2, -0.15) is 0 Å². The zero-order valence-electron chi connectivity index (χ0n) is 9.77. The molecule has 0 aliphatic carbocycles. The van der Waals surface area contributed by atoms with Crippen molar-refractivity contribution in [3.63, 3.8) is 0 Å². The van der Waals surface area contributed by atoms with Crippen molar-refractivity contribution in [1.82, 2.24) is 4.98 Å². The molecule has 1 aromatic heterocycles. The molecule has 3 aromatic rings. The molecule has 90 valence electrons. The first-order valence-corrected chi connectivity index (χ1v) is 6.43. The number of halogens is 1. The number of anilines is 2. The highest BCUT2D eigenvalue weighted by Crippen LogP contribution is 2.29. The van der Waals surface area contributed by atoms with Crippen molar-refractivity contribution in [2.75, 3.05) is 5.32 Å². The van der Waals surface area contributed by atoms with E-state index in [0.29, 0.717) is 16.4 Å². The molecule has 3 rings (SSSR count). The summed E-state index contributed by atoms with van der Waals surface area (Å²) in [5, 5.41) is 3.74. The van der Waals surface area contributed by atoms with E-state index in [-0.39, 0.29) is 5.82 Å². The Labute approximate surface area is 108 Å². The van der Waals surface area contributed by atoms with Gasteiger partial charge in [0.15, 0.2) is 5.13 Å². The smallest absolute Gasteiger partial charge is 0.188 e. The van der Waals surface area contributed by atoms with Crippen molar-refractivity contribution >= 4 is 32.4 Å². The molecule has 0 aliphatic rings. The number of aryl methyl sites for hydroxylation is 1. The Bertz CT molecular complexity index is 673. The van der Waals surface area contributed by atoms with Gasteiger partial charge in [-0.15, -0.1) is 0 Å². The molecular weight excluding hydrogens is 247 g/mol. The largest absolute Gasteiger partial charge is 0.329 e. The molecule has 0 aliphatic heterocycles. The Morgan fingerprint density at radius 1 is 1.11 bits per heavy atom. The van der Waals surface area contributed by atoms with Gasteiger partial charge in [0.1, 0.15) is 5.82 Å². The molecule has 1 N–H and O–H groups in total. The van der Waals surface area contributed by atoms with Gasteiger partial charge in [0.2, 0.25) is 0 Å². The van der Waals surface area contributed by atoms with Crippen LogP contribution in [0.25, 0.3) is 10.2 Å². The second-order valence-corrected chi connectivity index (χ2v) is 5.08. The van der Waals surface area contributed by atoms with Crippen molar-refractivity contribution in [1.29, 1.82) is 0 Å². The highest BCUT2D eigenvalue weighted by atomic mass is 32.1. The number of hydrogen-bond donors (Lipinski definition) is 1. The number of aromatic nitrogens is 1. The van der Waals surface area contributed by atoms with E-state index < -0.39 is 0 Å². The van der Waals surface area contributed by atoms with Crippen LogP contribution in [0, 0.1) is 12.7 Å². The van der Waals surface area contributed by atoms with Gasteiger partial charge < -0.3 is 5.32 Å². The third kappa shape index (κ3) is 1.95. The number of hydrogen-bond acceptors (Lipinski definition) is 3. The van der Waals surface area contributed by atoms with E-state index in [1.165, 1.54) is 11.3 Å². The maximum Gasteiger partial charge on any atom is 0.188 e. The summed E-state index contributed by atoms with van der Waals surface area (Å²) >= 11 is 1.52. The first-order valence-electron chi connectivity index (χ1n) is 5.62. The van der Waals surface area contributed by atoms with Crippen LogP contribution in [0.4, 0.5) is 15.2 Å². The highest BCUT2D eigenvalue weighted by molar-refractivity contribution is 7.22. The second kappa shape index (κ2) is 4.38. The van der Waals surface area contributed by atoms with E-state index in [2.05, 4.69) is 10.3 Å². The molecule has 2 aromatic carbocycles. The molecule has 0 saturated heterocycles. The molecule has 0 radical (unpaired) electrons. The summed E-state index contributed by atoms with van der Waals surface area (Å²) in [5.74, 6) is -0.225. The van der Waals surface area contributed by atoms with Gasteiger partial charge in [0.25, 0.3) is 0 Å². The van der Waals surface area contributed by atoms with Crippen LogP contribution in [0.3, 0.4) is 0 Å². The van der Waals surface area contributed by atoms with Crippen molar-refractivity contribution in [2.45, 2.75) is 6.92 Å². The van der Waals surface area contributed by atoms with Gasteiger partial charge in [0.05, 0.1) is 15.9 Å². The average molecular weight is 258 g/mol. The zero-order chi connectivity index (χ0) is 12.5. The van der Waals surface area contributed by atoms with Gasteiger partial charge in [0, 0.05) is 0 Å². The first-order chi connectivity index (χ1) is 8.74. The van der Waals surface area contributed by atoms with Gasteiger partial charge >= 0.3 is 0 Å². The van der Waals surface area contributed by atoms with Crippen molar-refractivity contribution in [3.8, 4) is 0 Å². The van der Waals surface area contributed by atoms with E-state index in [0.717, 1.165) is 10.2 Å². The second-order valence-electron chi connectivity index (χ2n) is 4.05. The molecule has 0 atom stereocenters. The molecule has 0 amide bonds. The lowest BCUT2D eigenvalue weighted by atomic mass is 10.2. The number of rotatable bonds is 2. The summed E-state index contributed by atoms with van der Waals surface area (Å²) in [6, 6.07) is 13.2. The van der Waals surface area contributed by atoms with E-state index in [1.54, 1.807) is 19.1 Å². The van der Waals surface area contributed by atoms with E-state index in [1.807, 2.05) is 30.3 Å². The summed E-state index contributed by atoms with van der Waals surface area (Å²) in [4.78, 5) is 4.42. The summed E-state index contributed by atoms with van der Waals surface area (Å²) in [7, 11) is 0. The van der Waals surface area contributed by atoms with E-state index >= 15 is 0 Å². The molecule has 18 heavy (non-hydrogen) atoms. The van der Waals surface area contributed by atoms with Gasteiger partial charge in [-0.05, 0) is 30.7 Å². The lowest BCUT2D eigenvalue weighted by Crippen LogP contribution is -1.94. The molecule has 0 saturated carbocycles. The molecule has 0 unspecified atom stereocenters. The summed E-state index contributed by atoms with van der Waals surface area (Å²) in [5.41, 5.74) is 2.02. The van der Waals surface area contributed by atoms with Crippen molar-refractivity contribution in [2.24, 2.45) is 0 Å². The third-order valence-corrected chi connectivity index (χ3v) is 3.68. The van der Waals surface area contributed by atoms with Crippen molar-refractivity contribution < 1.29 is 4.39 Å². The Morgan fingerprint density at radius 2 is 1.94 bits per heavy atom. The fourth-order valence-electron chi connectivity index (χ4n) is 1.78. The molecule has 0 spiro atoms. The minimum Gasteiger partial charge on any atom is -0.329 e. The highest BCUT2D eigenvalue weighted by Gasteiger charge is 2.07. The normalized spacial score (nSPS) is 10.8. The van der Waals surface area contributed by atoms with Crippen LogP contribution in [0.5, 0.6) is 0 Å². The fourth-order valence-corrected chi connectivity index (χ4v) is 2.66. The molecule has 2 nitrogen and oxygen atoms in total. The monoisotopic (exact) mass is 258 g/mol. The SMILES string of the molecule is Cc1cccc(Nc2nc3ccccc3s2)c1F. The summed E-state index contributed by atoms with van der Waals surface area (Å²) < 4.78 is 14.9. The van der Waals surface area contributed by atoms with E-state index in [9.17, 15) is 4.39 Å². The van der Waals surface area contributed by atoms with Crippen LogP contribution in [-0.2, 0) is 0 Å². The number of para-hydroxylation sites is 1. The lowest BCUT2D eigenvalue weighted by Gasteiger charge is -2.05. The predicted octanol–water partition coefficient (Wildman–Crippen LogP) is 4.49. The Balaban J connectivity index is 1.99. The average Bonchev–Trinajstić information content (AvgIpc) is 2.77. The summed E-state index contributed by atoms with van der Waals surface area (Å²) in [6.07, 6.45) is 0. The van der Waals surface area contributed by atoms with Gasteiger partial charge in [-0.1, -0.05) is 35.6 Å². The minimum atomic E-state index is -0.225. The molecule has 1 heterocycles. The molecule has 0 fully saturated rings. The van der Waals surface area contributed by atoms with Crippen LogP contribution in [0.15, 0.2) is 42.5 Å². The number of nitrogens with zero attached hydrogens (tertiary/aromatic N) is 1. The van der Waals surface area contributed by atoms with Crippen molar-refractivity contribution in [3.05, 3.63) is 53.8 Å². The van der Waals surface area contributed by atoms with Gasteiger partial charge in [-0.25, -0.2) is 9.37 Å². The molecule has 0 bridgehead atoms. The van der Waals surface area contributed by atoms with Gasteiger partial charge in [-0.3, -0.25) is 0 Å². The molecule has 4 heteroatoms. The van der Waals surface area contributed by atoms with Crippen LogP contribution in [-0.4, -0.2) is 4.98 Å². The lowest BCUT2D eigenvalue weighted by molar-refractivity contribution is 0.622. The van der Waals surface area contributed by atoms with Crippen LogP contribution < -0.4 is 5.32 Å². The van der Waals surface area contributed by atoms with E-state index in [4.69, 9.17) is 0 Å². The Kier molecular flexibility index (Phi) is 2.72.